The van der Waals surface area contributed by atoms with Crippen molar-refractivity contribution in [2.24, 2.45) is 0 Å². The van der Waals surface area contributed by atoms with Crippen LogP contribution >= 0.6 is 0 Å². The molecule has 0 fully saturated rings. The molecular formula is C9H13NO. The van der Waals surface area contributed by atoms with Crippen LogP contribution in [0.15, 0.2) is 18.3 Å². The van der Waals surface area contributed by atoms with Crippen molar-refractivity contribution in [3.05, 3.63) is 29.6 Å². The summed E-state index contributed by atoms with van der Waals surface area (Å²) in [6, 6.07) is 3.88. The highest BCUT2D eigenvalue weighted by molar-refractivity contribution is 5.13. The van der Waals surface area contributed by atoms with E-state index in [2.05, 4.69) is 11.9 Å². The van der Waals surface area contributed by atoms with Gasteiger partial charge < -0.3 is 5.11 Å². The van der Waals surface area contributed by atoms with Crippen LogP contribution in [0.3, 0.4) is 0 Å². The highest BCUT2D eigenvalue weighted by Crippen LogP contribution is 2.02. The highest BCUT2D eigenvalue weighted by Gasteiger charge is 1.92. The van der Waals surface area contributed by atoms with E-state index < -0.39 is 0 Å². The maximum absolute atomic E-state index is 8.70. The van der Waals surface area contributed by atoms with E-state index in [1.807, 2.05) is 18.3 Å². The number of aryl methyl sites for hydroxylation is 1. The molecule has 0 saturated heterocycles. The van der Waals surface area contributed by atoms with E-state index in [4.69, 9.17) is 5.11 Å². The Bertz CT molecular complexity index is 205. The van der Waals surface area contributed by atoms with Crippen LogP contribution in [0.1, 0.15) is 24.6 Å². The molecule has 0 amide bonds. The van der Waals surface area contributed by atoms with Crippen molar-refractivity contribution in [3.8, 4) is 0 Å². The minimum absolute atomic E-state index is 0.0341. The average Bonchev–Trinajstić information content (AvgIpc) is 2.07. The van der Waals surface area contributed by atoms with Crippen LogP contribution in [0.2, 0.25) is 0 Å². The van der Waals surface area contributed by atoms with Gasteiger partial charge in [-0.25, -0.2) is 0 Å². The molecule has 0 radical (unpaired) electrons. The smallest absolute Gasteiger partial charge is 0.0852 e. The molecule has 0 unspecified atom stereocenters. The molecule has 0 atom stereocenters. The fourth-order valence-electron chi connectivity index (χ4n) is 0.985. The third-order valence-electron chi connectivity index (χ3n) is 1.59. The van der Waals surface area contributed by atoms with Gasteiger partial charge in [0.2, 0.25) is 0 Å². The van der Waals surface area contributed by atoms with E-state index in [0.717, 1.165) is 18.5 Å². The Morgan fingerprint density at radius 3 is 2.73 bits per heavy atom. The zero-order chi connectivity index (χ0) is 8.10. The summed E-state index contributed by atoms with van der Waals surface area (Å²) >= 11 is 0. The third-order valence-corrected chi connectivity index (χ3v) is 1.59. The van der Waals surface area contributed by atoms with Crippen molar-refractivity contribution in [2.45, 2.75) is 26.4 Å². The Labute approximate surface area is 66.9 Å². The van der Waals surface area contributed by atoms with Crippen molar-refractivity contribution >= 4 is 0 Å². The predicted octanol–water partition coefficient (Wildman–Crippen LogP) is 1.53. The first-order valence-corrected chi connectivity index (χ1v) is 3.91. The summed E-state index contributed by atoms with van der Waals surface area (Å²) in [5.74, 6) is 0. The lowest BCUT2D eigenvalue weighted by Gasteiger charge is -1.98. The minimum Gasteiger partial charge on any atom is -0.390 e. The summed E-state index contributed by atoms with van der Waals surface area (Å²) in [5, 5.41) is 8.70. The molecule has 1 rings (SSSR count). The fourth-order valence-corrected chi connectivity index (χ4v) is 0.985. The summed E-state index contributed by atoms with van der Waals surface area (Å²) < 4.78 is 0. The second-order valence-corrected chi connectivity index (χ2v) is 2.57. The Morgan fingerprint density at radius 2 is 2.27 bits per heavy atom. The Balaban J connectivity index is 2.66. The van der Waals surface area contributed by atoms with Gasteiger partial charge in [-0.15, -0.1) is 0 Å². The molecule has 0 aromatic carbocycles. The highest BCUT2D eigenvalue weighted by atomic mass is 16.3. The second-order valence-electron chi connectivity index (χ2n) is 2.57. The van der Waals surface area contributed by atoms with Crippen molar-refractivity contribution in [1.29, 1.82) is 0 Å². The lowest BCUT2D eigenvalue weighted by Crippen LogP contribution is -1.90. The van der Waals surface area contributed by atoms with Gasteiger partial charge in [0.25, 0.3) is 0 Å². The Hall–Kier alpha value is -0.890. The SMILES string of the molecule is CCCc1ccc(CO)nc1. The zero-order valence-corrected chi connectivity index (χ0v) is 6.75. The van der Waals surface area contributed by atoms with Crippen LogP contribution in [-0.4, -0.2) is 10.1 Å². The number of hydrogen-bond acceptors (Lipinski definition) is 2. The first-order chi connectivity index (χ1) is 5.36. The lowest BCUT2D eigenvalue weighted by molar-refractivity contribution is 0.277. The van der Waals surface area contributed by atoms with Crippen molar-refractivity contribution < 1.29 is 5.11 Å². The van der Waals surface area contributed by atoms with Crippen LogP contribution in [0.25, 0.3) is 0 Å². The standard InChI is InChI=1S/C9H13NO/c1-2-3-8-4-5-9(7-11)10-6-8/h4-6,11H,2-3,7H2,1H3. The topological polar surface area (TPSA) is 33.1 Å². The van der Waals surface area contributed by atoms with E-state index in [0.29, 0.717) is 0 Å². The fraction of sp³-hybridized carbons (Fsp3) is 0.444. The maximum atomic E-state index is 8.70. The largest absolute Gasteiger partial charge is 0.390 e. The third kappa shape index (κ3) is 2.31. The number of nitrogens with zero attached hydrogens (tertiary/aromatic N) is 1. The van der Waals surface area contributed by atoms with Crippen LogP contribution in [0, 0.1) is 0 Å². The summed E-state index contributed by atoms with van der Waals surface area (Å²) in [6.45, 7) is 2.17. The van der Waals surface area contributed by atoms with Gasteiger partial charge in [0.15, 0.2) is 0 Å². The molecule has 0 bridgehead atoms. The molecule has 0 spiro atoms. The molecule has 1 aromatic heterocycles. The maximum Gasteiger partial charge on any atom is 0.0852 e. The van der Waals surface area contributed by atoms with Gasteiger partial charge in [0, 0.05) is 6.20 Å². The molecule has 0 saturated carbocycles. The molecule has 0 aliphatic heterocycles. The number of rotatable bonds is 3. The van der Waals surface area contributed by atoms with Crippen molar-refractivity contribution in [1.82, 2.24) is 4.98 Å². The van der Waals surface area contributed by atoms with Crippen LogP contribution < -0.4 is 0 Å². The minimum atomic E-state index is 0.0341. The van der Waals surface area contributed by atoms with Gasteiger partial charge in [0.05, 0.1) is 12.3 Å². The Kier molecular flexibility index (Phi) is 3.05. The molecule has 1 heterocycles. The van der Waals surface area contributed by atoms with Crippen molar-refractivity contribution in [2.75, 3.05) is 0 Å². The predicted molar refractivity (Wildman–Crippen MR) is 44.2 cm³/mol. The van der Waals surface area contributed by atoms with Crippen LogP contribution in [0.5, 0.6) is 0 Å². The van der Waals surface area contributed by atoms with Gasteiger partial charge in [0.1, 0.15) is 0 Å². The van der Waals surface area contributed by atoms with Crippen LogP contribution in [0.4, 0.5) is 0 Å². The summed E-state index contributed by atoms with van der Waals surface area (Å²) in [4.78, 5) is 4.07. The van der Waals surface area contributed by atoms with Gasteiger partial charge >= 0.3 is 0 Å². The molecule has 2 heteroatoms. The molecular weight excluding hydrogens is 138 g/mol. The molecule has 11 heavy (non-hydrogen) atoms. The monoisotopic (exact) mass is 151 g/mol. The number of aliphatic hydroxyl groups is 1. The van der Waals surface area contributed by atoms with Gasteiger partial charge in [-0.3, -0.25) is 4.98 Å². The normalized spacial score (nSPS) is 10.0. The zero-order valence-electron chi connectivity index (χ0n) is 6.75. The molecule has 1 N–H and O–H groups in total. The van der Waals surface area contributed by atoms with E-state index in [-0.39, 0.29) is 6.61 Å². The van der Waals surface area contributed by atoms with E-state index >= 15 is 0 Å². The number of aliphatic hydroxyl groups excluding tert-OH is 1. The van der Waals surface area contributed by atoms with Crippen LogP contribution in [-0.2, 0) is 13.0 Å². The average molecular weight is 151 g/mol. The second kappa shape index (κ2) is 4.09. The quantitative estimate of drug-likeness (QED) is 0.710. The van der Waals surface area contributed by atoms with E-state index in [9.17, 15) is 0 Å². The number of pyridine rings is 1. The number of aromatic nitrogens is 1. The number of hydrogen-bond donors (Lipinski definition) is 1. The molecule has 0 aliphatic rings. The van der Waals surface area contributed by atoms with Gasteiger partial charge in [-0.2, -0.15) is 0 Å². The summed E-state index contributed by atoms with van der Waals surface area (Å²) in [5.41, 5.74) is 1.98. The molecule has 0 aliphatic carbocycles. The van der Waals surface area contributed by atoms with E-state index in [1.54, 1.807) is 0 Å². The molecule has 1 aromatic rings. The lowest BCUT2D eigenvalue weighted by atomic mass is 10.2. The Morgan fingerprint density at radius 1 is 1.45 bits per heavy atom. The molecule has 60 valence electrons. The molecule has 2 nitrogen and oxygen atoms in total. The summed E-state index contributed by atoms with van der Waals surface area (Å²) in [6.07, 6.45) is 4.04. The van der Waals surface area contributed by atoms with E-state index in [1.165, 1.54) is 5.56 Å². The first kappa shape index (κ1) is 8.21. The first-order valence-electron chi connectivity index (χ1n) is 3.91. The van der Waals surface area contributed by atoms with Gasteiger partial charge in [-0.05, 0) is 18.1 Å². The summed E-state index contributed by atoms with van der Waals surface area (Å²) in [7, 11) is 0. The van der Waals surface area contributed by atoms with Crippen molar-refractivity contribution in [3.63, 3.8) is 0 Å². The van der Waals surface area contributed by atoms with Gasteiger partial charge in [-0.1, -0.05) is 19.4 Å².